The molecule has 0 amide bonds. The van der Waals surface area contributed by atoms with Gasteiger partial charge in [-0.05, 0) is 5.92 Å². The van der Waals surface area contributed by atoms with Crippen LogP contribution in [-0.4, -0.2) is 16.5 Å². The Morgan fingerprint density at radius 2 is 1.70 bits per heavy atom. The molecule has 1 aliphatic carbocycles. The molecule has 0 aromatic heterocycles. The van der Waals surface area contributed by atoms with Crippen LogP contribution in [0.5, 0.6) is 0 Å². The standard InChI is InChI=1S/C8H16O2/c9-8(10)6-7-4-2-1-3-5-7/h7-10H,1-6H2. The maximum absolute atomic E-state index is 8.66. The molecule has 60 valence electrons. The summed E-state index contributed by atoms with van der Waals surface area (Å²) in [5.74, 6) is 0.578. The van der Waals surface area contributed by atoms with E-state index < -0.39 is 6.29 Å². The summed E-state index contributed by atoms with van der Waals surface area (Å²) in [5, 5.41) is 17.3. The van der Waals surface area contributed by atoms with E-state index in [1.54, 1.807) is 0 Å². The lowest BCUT2D eigenvalue weighted by atomic mass is 9.87. The molecule has 0 aromatic rings. The van der Waals surface area contributed by atoms with Crippen LogP contribution in [0.2, 0.25) is 0 Å². The molecule has 0 aliphatic heterocycles. The smallest absolute Gasteiger partial charge is 0.151 e. The van der Waals surface area contributed by atoms with Gasteiger partial charge < -0.3 is 10.2 Å². The van der Waals surface area contributed by atoms with Gasteiger partial charge in [0.1, 0.15) is 0 Å². The summed E-state index contributed by atoms with van der Waals surface area (Å²) in [6, 6.07) is 0. The Morgan fingerprint density at radius 1 is 1.10 bits per heavy atom. The Hall–Kier alpha value is -0.0800. The maximum atomic E-state index is 8.66. The monoisotopic (exact) mass is 144 g/mol. The van der Waals surface area contributed by atoms with E-state index in [2.05, 4.69) is 0 Å². The van der Waals surface area contributed by atoms with Crippen molar-refractivity contribution in [2.45, 2.75) is 44.8 Å². The zero-order valence-electron chi connectivity index (χ0n) is 6.29. The molecule has 0 aromatic carbocycles. The molecule has 2 nitrogen and oxygen atoms in total. The summed E-state index contributed by atoms with van der Waals surface area (Å²) in [6.07, 6.45) is 5.77. The van der Waals surface area contributed by atoms with E-state index in [-0.39, 0.29) is 0 Å². The fourth-order valence-electron chi connectivity index (χ4n) is 1.72. The fourth-order valence-corrected chi connectivity index (χ4v) is 1.72. The summed E-state index contributed by atoms with van der Waals surface area (Å²) in [7, 11) is 0. The molecular formula is C8H16O2. The molecule has 0 atom stereocenters. The first-order valence-electron chi connectivity index (χ1n) is 4.15. The Labute approximate surface area is 61.9 Å². The van der Waals surface area contributed by atoms with Crippen LogP contribution in [0.25, 0.3) is 0 Å². The van der Waals surface area contributed by atoms with Crippen LogP contribution in [0, 0.1) is 5.92 Å². The van der Waals surface area contributed by atoms with Gasteiger partial charge in [-0.2, -0.15) is 0 Å². The molecule has 0 unspecified atom stereocenters. The van der Waals surface area contributed by atoms with Crippen molar-refractivity contribution < 1.29 is 10.2 Å². The first-order valence-corrected chi connectivity index (χ1v) is 4.15. The Kier molecular flexibility index (Phi) is 3.16. The molecule has 1 saturated carbocycles. The average molecular weight is 144 g/mol. The summed E-state index contributed by atoms with van der Waals surface area (Å²) < 4.78 is 0. The van der Waals surface area contributed by atoms with Crippen LogP contribution in [0.15, 0.2) is 0 Å². The number of rotatable bonds is 2. The molecule has 0 bridgehead atoms. The average Bonchev–Trinajstić information content (AvgIpc) is 1.88. The zero-order chi connectivity index (χ0) is 7.40. The third-order valence-corrected chi connectivity index (χ3v) is 2.27. The highest BCUT2D eigenvalue weighted by Gasteiger charge is 2.15. The third kappa shape index (κ3) is 2.67. The summed E-state index contributed by atoms with van der Waals surface area (Å²) in [5.41, 5.74) is 0. The molecule has 0 spiro atoms. The molecule has 2 N–H and O–H groups in total. The molecule has 1 fully saturated rings. The highest BCUT2D eigenvalue weighted by atomic mass is 16.5. The van der Waals surface area contributed by atoms with Gasteiger partial charge in [-0.25, -0.2) is 0 Å². The first kappa shape index (κ1) is 8.02. The number of hydrogen-bond donors (Lipinski definition) is 2. The van der Waals surface area contributed by atoms with Crippen LogP contribution in [0.4, 0.5) is 0 Å². The second-order valence-corrected chi connectivity index (χ2v) is 3.22. The van der Waals surface area contributed by atoms with Gasteiger partial charge in [-0.3, -0.25) is 0 Å². The summed E-state index contributed by atoms with van der Waals surface area (Å²) in [4.78, 5) is 0. The van der Waals surface area contributed by atoms with Gasteiger partial charge >= 0.3 is 0 Å². The van der Waals surface area contributed by atoms with Crippen molar-refractivity contribution in [2.75, 3.05) is 0 Å². The van der Waals surface area contributed by atoms with Gasteiger partial charge in [-0.15, -0.1) is 0 Å². The molecule has 1 rings (SSSR count). The molecule has 10 heavy (non-hydrogen) atoms. The second kappa shape index (κ2) is 3.94. The van der Waals surface area contributed by atoms with Crippen molar-refractivity contribution in [3.63, 3.8) is 0 Å². The van der Waals surface area contributed by atoms with Crippen LogP contribution in [0.1, 0.15) is 38.5 Å². The van der Waals surface area contributed by atoms with Gasteiger partial charge in [0.25, 0.3) is 0 Å². The van der Waals surface area contributed by atoms with Crippen molar-refractivity contribution in [3.05, 3.63) is 0 Å². The van der Waals surface area contributed by atoms with Gasteiger partial charge in [0.05, 0.1) is 0 Å². The highest BCUT2D eigenvalue weighted by Crippen LogP contribution is 2.26. The minimum Gasteiger partial charge on any atom is -0.368 e. The van der Waals surface area contributed by atoms with E-state index in [1.807, 2.05) is 0 Å². The minimum absolute atomic E-state index is 0.578. The number of hydrogen-bond acceptors (Lipinski definition) is 2. The Morgan fingerprint density at radius 3 is 2.20 bits per heavy atom. The predicted molar refractivity (Wildman–Crippen MR) is 39.4 cm³/mol. The quantitative estimate of drug-likeness (QED) is 0.573. The van der Waals surface area contributed by atoms with Crippen LogP contribution in [0.3, 0.4) is 0 Å². The van der Waals surface area contributed by atoms with E-state index in [0.717, 1.165) is 0 Å². The fraction of sp³-hybridized carbons (Fsp3) is 1.00. The topological polar surface area (TPSA) is 40.5 Å². The SMILES string of the molecule is OC(O)CC1CCCCC1. The third-order valence-electron chi connectivity index (χ3n) is 2.27. The van der Waals surface area contributed by atoms with E-state index in [9.17, 15) is 0 Å². The largest absolute Gasteiger partial charge is 0.368 e. The first-order chi connectivity index (χ1) is 4.79. The normalized spacial score (nSPS) is 21.9. The van der Waals surface area contributed by atoms with Crippen molar-refractivity contribution in [1.29, 1.82) is 0 Å². The van der Waals surface area contributed by atoms with E-state index in [4.69, 9.17) is 10.2 Å². The van der Waals surface area contributed by atoms with Gasteiger partial charge in [-0.1, -0.05) is 32.1 Å². The highest BCUT2D eigenvalue weighted by molar-refractivity contribution is 4.65. The van der Waals surface area contributed by atoms with Crippen molar-refractivity contribution in [2.24, 2.45) is 5.92 Å². The van der Waals surface area contributed by atoms with Gasteiger partial charge in [0.2, 0.25) is 0 Å². The predicted octanol–water partition coefficient (Wildman–Crippen LogP) is 1.27. The summed E-state index contributed by atoms with van der Waals surface area (Å²) >= 11 is 0. The van der Waals surface area contributed by atoms with Crippen molar-refractivity contribution >= 4 is 0 Å². The number of aliphatic hydroxyl groups is 2. The van der Waals surface area contributed by atoms with Crippen molar-refractivity contribution in [1.82, 2.24) is 0 Å². The molecule has 0 radical (unpaired) electrons. The van der Waals surface area contributed by atoms with E-state index in [0.29, 0.717) is 12.3 Å². The molecular weight excluding hydrogens is 128 g/mol. The van der Waals surface area contributed by atoms with Crippen molar-refractivity contribution in [3.8, 4) is 0 Å². The molecule has 2 heteroatoms. The Balaban J connectivity index is 2.13. The lowest BCUT2D eigenvalue weighted by Crippen LogP contribution is -2.14. The van der Waals surface area contributed by atoms with Crippen LogP contribution < -0.4 is 0 Å². The lowest BCUT2D eigenvalue weighted by Gasteiger charge is -2.21. The maximum Gasteiger partial charge on any atom is 0.151 e. The molecule has 1 aliphatic rings. The molecule has 0 heterocycles. The second-order valence-electron chi connectivity index (χ2n) is 3.22. The summed E-state index contributed by atoms with van der Waals surface area (Å²) in [6.45, 7) is 0. The van der Waals surface area contributed by atoms with Gasteiger partial charge in [0, 0.05) is 6.42 Å². The van der Waals surface area contributed by atoms with E-state index >= 15 is 0 Å². The zero-order valence-corrected chi connectivity index (χ0v) is 6.29. The van der Waals surface area contributed by atoms with Gasteiger partial charge in [0.15, 0.2) is 6.29 Å². The number of aliphatic hydroxyl groups excluding tert-OH is 1. The minimum atomic E-state index is -1.08. The Bertz CT molecular complexity index is 85.3. The van der Waals surface area contributed by atoms with E-state index in [1.165, 1.54) is 32.1 Å². The molecule has 0 saturated heterocycles. The van der Waals surface area contributed by atoms with Crippen LogP contribution >= 0.6 is 0 Å². The van der Waals surface area contributed by atoms with Crippen LogP contribution in [-0.2, 0) is 0 Å². The lowest BCUT2D eigenvalue weighted by molar-refractivity contribution is -0.0588.